The van der Waals surface area contributed by atoms with Gasteiger partial charge in [-0.05, 0) is 44.2 Å². The summed E-state index contributed by atoms with van der Waals surface area (Å²) in [5.74, 6) is 0.105. The molecular weight excluding hydrogens is 238 g/mol. The molecule has 1 heterocycles. The van der Waals surface area contributed by atoms with E-state index in [-0.39, 0.29) is 11.9 Å². The number of nitrogens with two attached hydrogens (primary N) is 1. The van der Waals surface area contributed by atoms with Gasteiger partial charge < -0.3 is 11.1 Å². The van der Waals surface area contributed by atoms with Crippen molar-refractivity contribution in [2.24, 2.45) is 11.1 Å². The molecule has 2 aliphatic rings. The van der Waals surface area contributed by atoms with Crippen LogP contribution in [0, 0.1) is 5.41 Å². The van der Waals surface area contributed by atoms with Crippen LogP contribution in [0.3, 0.4) is 0 Å². The Balaban J connectivity index is 1.85. The Morgan fingerprint density at radius 3 is 2.37 bits per heavy atom. The lowest BCUT2D eigenvalue weighted by atomic mass is 9.68. The summed E-state index contributed by atoms with van der Waals surface area (Å²) in [5.41, 5.74) is 6.48. The van der Waals surface area contributed by atoms with E-state index in [0.29, 0.717) is 18.4 Å². The maximum absolute atomic E-state index is 11.5. The van der Waals surface area contributed by atoms with E-state index in [1.165, 1.54) is 44.9 Å². The first-order chi connectivity index (χ1) is 9.19. The predicted molar refractivity (Wildman–Crippen MR) is 77.9 cm³/mol. The number of hydrogen-bond acceptors (Lipinski definition) is 3. The van der Waals surface area contributed by atoms with Crippen LogP contribution in [0.15, 0.2) is 0 Å². The molecule has 1 aliphatic carbocycles. The van der Waals surface area contributed by atoms with Crippen LogP contribution in [0.1, 0.15) is 51.4 Å². The van der Waals surface area contributed by atoms with Gasteiger partial charge in [-0.15, -0.1) is 0 Å². The molecule has 0 aromatic carbocycles. The molecule has 1 amide bonds. The molecule has 0 aromatic rings. The number of nitrogens with zero attached hydrogens (tertiary/aromatic N) is 1. The molecule has 1 spiro atoms. The molecule has 0 radical (unpaired) electrons. The molecule has 110 valence electrons. The summed E-state index contributed by atoms with van der Waals surface area (Å²) in [6.45, 7) is 2.83. The summed E-state index contributed by atoms with van der Waals surface area (Å²) < 4.78 is 0. The summed E-state index contributed by atoms with van der Waals surface area (Å²) >= 11 is 0. The molecule has 1 saturated heterocycles. The summed E-state index contributed by atoms with van der Waals surface area (Å²) in [6.07, 6.45) is 10.2. The van der Waals surface area contributed by atoms with Gasteiger partial charge in [0.15, 0.2) is 0 Å². The number of nitrogens with one attached hydrogen (secondary N) is 1. The first-order valence-corrected chi connectivity index (χ1v) is 7.84. The van der Waals surface area contributed by atoms with E-state index in [9.17, 15) is 4.79 Å². The van der Waals surface area contributed by atoms with Crippen LogP contribution in [0.4, 0.5) is 0 Å². The minimum Gasteiger partial charge on any atom is -0.359 e. The Morgan fingerprint density at radius 1 is 1.21 bits per heavy atom. The second-order valence-corrected chi connectivity index (χ2v) is 6.36. The molecule has 2 rings (SSSR count). The van der Waals surface area contributed by atoms with Gasteiger partial charge in [-0.2, -0.15) is 0 Å². The molecule has 1 saturated carbocycles. The topological polar surface area (TPSA) is 58.4 Å². The Kier molecular flexibility index (Phi) is 5.22. The molecule has 4 heteroatoms. The number of hydrogen-bond donors (Lipinski definition) is 2. The van der Waals surface area contributed by atoms with Crippen molar-refractivity contribution in [1.82, 2.24) is 10.2 Å². The first-order valence-electron chi connectivity index (χ1n) is 7.84. The lowest BCUT2D eigenvalue weighted by Crippen LogP contribution is -2.49. The van der Waals surface area contributed by atoms with E-state index in [0.717, 1.165) is 13.1 Å². The number of rotatable bonds is 4. The van der Waals surface area contributed by atoms with E-state index in [1.54, 1.807) is 7.05 Å². The van der Waals surface area contributed by atoms with Gasteiger partial charge in [0.2, 0.25) is 5.91 Å². The quantitative estimate of drug-likeness (QED) is 0.811. The van der Waals surface area contributed by atoms with E-state index in [2.05, 4.69) is 10.2 Å². The Bertz CT molecular complexity index is 290. The van der Waals surface area contributed by atoms with Crippen molar-refractivity contribution in [3.63, 3.8) is 0 Å². The standard InChI is InChI=1S/C15H29N3O/c1-17-14(19)11-13(12-16)18-9-7-15(8-10-18)5-3-2-4-6-15/h13H,2-12,16H2,1H3,(H,17,19). The summed E-state index contributed by atoms with van der Waals surface area (Å²) in [4.78, 5) is 14.0. The van der Waals surface area contributed by atoms with Crippen LogP contribution < -0.4 is 11.1 Å². The van der Waals surface area contributed by atoms with Gasteiger partial charge in [0.05, 0.1) is 0 Å². The fourth-order valence-electron chi connectivity index (χ4n) is 3.84. The number of carbonyl (C=O) groups is 1. The van der Waals surface area contributed by atoms with E-state index >= 15 is 0 Å². The summed E-state index contributed by atoms with van der Waals surface area (Å²) in [5, 5.41) is 2.70. The summed E-state index contributed by atoms with van der Waals surface area (Å²) in [6, 6.07) is 0.223. The van der Waals surface area contributed by atoms with Crippen molar-refractivity contribution >= 4 is 5.91 Å². The van der Waals surface area contributed by atoms with E-state index < -0.39 is 0 Å². The Labute approximate surface area is 117 Å². The molecule has 4 nitrogen and oxygen atoms in total. The lowest BCUT2D eigenvalue weighted by Gasteiger charge is -2.46. The van der Waals surface area contributed by atoms with Crippen molar-refractivity contribution in [1.29, 1.82) is 0 Å². The highest BCUT2D eigenvalue weighted by atomic mass is 16.1. The molecule has 1 aliphatic heterocycles. The van der Waals surface area contributed by atoms with Crippen molar-refractivity contribution in [3.05, 3.63) is 0 Å². The predicted octanol–water partition coefficient (Wildman–Crippen LogP) is 1.50. The van der Waals surface area contributed by atoms with Gasteiger partial charge in [-0.3, -0.25) is 9.69 Å². The molecule has 0 aromatic heterocycles. The van der Waals surface area contributed by atoms with Crippen molar-refractivity contribution in [2.45, 2.75) is 57.4 Å². The fraction of sp³-hybridized carbons (Fsp3) is 0.933. The number of piperidine rings is 1. The second kappa shape index (κ2) is 6.71. The smallest absolute Gasteiger partial charge is 0.221 e. The van der Waals surface area contributed by atoms with Crippen molar-refractivity contribution in [2.75, 3.05) is 26.7 Å². The minimum atomic E-state index is 0.105. The zero-order chi connectivity index (χ0) is 13.7. The molecule has 0 bridgehead atoms. The van der Waals surface area contributed by atoms with Crippen LogP contribution in [0.5, 0.6) is 0 Å². The van der Waals surface area contributed by atoms with Crippen molar-refractivity contribution < 1.29 is 4.79 Å². The van der Waals surface area contributed by atoms with Gasteiger partial charge >= 0.3 is 0 Å². The highest BCUT2D eigenvalue weighted by Crippen LogP contribution is 2.44. The fourth-order valence-corrected chi connectivity index (χ4v) is 3.84. The number of likely N-dealkylation sites (tertiary alicyclic amines) is 1. The van der Waals surface area contributed by atoms with Gasteiger partial charge in [0.25, 0.3) is 0 Å². The monoisotopic (exact) mass is 267 g/mol. The van der Waals surface area contributed by atoms with Crippen molar-refractivity contribution in [3.8, 4) is 0 Å². The van der Waals surface area contributed by atoms with Crippen LogP contribution in [-0.2, 0) is 4.79 Å². The van der Waals surface area contributed by atoms with Gasteiger partial charge in [0, 0.05) is 26.1 Å². The van der Waals surface area contributed by atoms with Crippen LogP contribution in [-0.4, -0.2) is 43.5 Å². The molecule has 19 heavy (non-hydrogen) atoms. The zero-order valence-electron chi connectivity index (χ0n) is 12.3. The average molecular weight is 267 g/mol. The third-order valence-electron chi connectivity index (χ3n) is 5.26. The molecule has 2 fully saturated rings. The Morgan fingerprint density at radius 2 is 1.84 bits per heavy atom. The third kappa shape index (κ3) is 3.69. The van der Waals surface area contributed by atoms with Gasteiger partial charge in [-0.25, -0.2) is 0 Å². The third-order valence-corrected chi connectivity index (χ3v) is 5.26. The average Bonchev–Trinajstić information content (AvgIpc) is 2.46. The summed E-state index contributed by atoms with van der Waals surface area (Å²) in [7, 11) is 1.70. The highest BCUT2D eigenvalue weighted by Gasteiger charge is 2.37. The molecule has 1 atom stereocenters. The minimum absolute atomic E-state index is 0.105. The molecule has 1 unspecified atom stereocenters. The molecule has 3 N–H and O–H groups in total. The van der Waals surface area contributed by atoms with E-state index in [4.69, 9.17) is 5.73 Å². The normalized spacial score (nSPS) is 25.2. The number of carbonyl (C=O) groups excluding carboxylic acids is 1. The van der Waals surface area contributed by atoms with Gasteiger partial charge in [-0.1, -0.05) is 19.3 Å². The van der Waals surface area contributed by atoms with Crippen LogP contribution in [0.2, 0.25) is 0 Å². The second-order valence-electron chi connectivity index (χ2n) is 6.36. The number of amides is 1. The largest absolute Gasteiger partial charge is 0.359 e. The van der Waals surface area contributed by atoms with Crippen LogP contribution >= 0.6 is 0 Å². The van der Waals surface area contributed by atoms with Gasteiger partial charge in [0.1, 0.15) is 0 Å². The molecular formula is C15H29N3O. The Hall–Kier alpha value is -0.610. The first kappa shape index (κ1) is 14.8. The highest BCUT2D eigenvalue weighted by molar-refractivity contribution is 5.76. The van der Waals surface area contributed by atoms with E-state index in [1.807, 2.05) is 0 Å². The maximum atomic E-state index is 11.5. The lowest BCUT2D eigenvalue weighted by molar-refractivity contribution is -0.122. The van der Waals surface area contributed by atoms with Crippen LogP contribution in [0.25, 0.3) is 0 Å². The maximum Gasteiger partial charge on any atom is 0.221 e. The SMILES string of the molecule is CNC(=O)CC(CN)N1CCC2(CCCCC2)CC1. The zero-order valence-corrected chi connectivity index (χ0v) is 12.3.